The number of carbonyl (C=O) groups excluding carboxylic acids is 2. The van der Waals surface area contributed by atoms with E-state index in [0.717, 1.165) is 32.7 Å². The first-order valence-electron chi connectivity index (χ1n) is 9.99. The van der Waals surface area contributed by atoms with Gasteiger partial charge in [0, 0.05) is 26.7 Å². The minimum atomic E-state index is -0.340. The average molecular weight is 516 g/mol. The molecule has 166 valence electrons. The molecule has 2 amide bonds. The first kappa shape index (κ1) is 22.3. The van der Waals surface area contributed by atoms with E-state index in [1.54, 1.807) is 18.2 Å². The summed E-state index contributed by atoms with van der Waals surface area (Å²) in [5.41, 5.74) is 2.93. The molecule has 32 heavy (non-hydrogen) atoms. The van der Waals surface area contributed by atoms with Crippen molar-refractivity contribution in [2.45, 2.75) is 25.7 Å². The molecule has 0 saturated heterocycles. The summed E-state index contributed by atoms with van der Waals surface area (Å²) in [5.74, 6) is 0.298. The average Bonchev–Trinajstić information content (AvgIpc) is 3.36. The standard InChI is InChI=1S/C23H22BrN3O4S/c1-12-8-14(4-6-18(12)24)25-22(29)17-5-7-19-20(17)26-23(32-19)27-21(28)13-9-15(30-2)11-16(10-13)31-3/h4,6,8-11,17H,5,7H2,1-3H3,(H,25,29)(H,26,27,28). The lowest BCUT2D eigenvalue weighted by atomic mass is 10.1. The highest BCUT2D eigenvalue weighted by Crippen LogP contribution is 2.39. The Morgan fingerprint density at radius 1 is 1.09 bits per heavy atom. The lowest BCUT2D eigenvalue weighted by Gasteiger charge is -2.12. The summed E-state index contributed by atoms with van der Waals surface area (Å²) in [6, 6.07) is 10.7. The summed E-state index contributed by atoms with van der Waals surface area (Å²) < 4.78 is 11.5. The van der Waals surface area contributed by atoms with E-state index in [-0.39, 0.29) is 17.7 Å². The van der Waals surface area contributed by atoms with E-state index in [1.807, 2.05) is 25.1 Å². The van der Waals surface area contributed by atoms with Crippen molar-refractivity contribution in [1.29, 1.82) is 0 Å². The number of amides is 2. The smallest absolute Gasteiger partial charge is 0.257 e. The number of benzene rings is 2. The summed E-state index contributed by atoms with van der Waals surface area (Å²) in [6.07, 6.45) is 1.46. The van der Waals surface area contributed by atoms with Gasteiger partial charge in [-0.3, -0.25) is 14.9 Å². The maximum Gasteiger partial charge on any atom is 0.257 e. The fraction of sp³-hybridized carbons (Fsp3) is 0.261. The number of nitrogens with zero attached hydrogens (tertiary/aromatic N) is 1. The Morgan fingerprint density at radius 3 is 2.47 bits per heavy atom. The molecule has 0 bridgehead atoms. The number of rotatable bonds is 6. The van der Waals surface area contributed by atoms with E-state index >= 15 is 0 Å². The predicted molar refractivity (Wildman–Crippen MR) is 128 cm³/mol. The Kier molecular flexibility index (Phi) is 6.48. The number of halogens is 1. The van der Waals surface area contributed by atoms with E-state index in [4.69, 9.17) is 9.47 Å². The van der Waals surface area contributed by atoms with Gasteiger partial charge in [-0.25, -0.2) is 4.98 Å². The highest BCUT2D eigenvalue weighted by atomic mass is 79.9. The number of aromatic nitrogens is 1. The van der Waals surface area contributed by atoms with Crippen LogP contribution in [0.2, 0.25) is 0 Å². The molecule has 7 nitrogen and oxygen atoms in total. The molecule has 4 rings (SSSR count). The topological polar surface area (TPSA) is 89.6 Å². The van der Waals surface area contributed by atoms with Crippen LogP contribution in [0.5, 0.6) is 11.5 Å². The molecule has 3 aromatic rings. The van der Waals surface area contributed by atoms with Crippen LogP contribution < -0.4 is 20.1 Å². The molecule has 0 fully saturated rings. The third-order valence-electron chi connectivity index (χ3n) is 5.29. The molecule has 1 heterocycles. The van der Waals surface area contributed by atoms with Gasteiger partial charge >= 0.3 is 0 Å². The van der Waals surface area contributed by atoms with Crippen LogP contribution in [0.25, 0.3) is 0 Å². The second-order valence-corrected chi connectivity index (χ2v) is 9.37. The fourth-order valence-electron chi connectivity index (χ4n) is 3.60. The van der Waals surface area contributed by atoms with Crippen LogP contribution in [0.4, 0.5) is 10.8 Å². The van der Waals surface area contributed by atoms with Gasteiger partial charge in [-0.15, -0.1) is 11.3 Å². The quantitative estimate of drug-likeness (QED) is 0.473. The van der Waals surface area contributed by atoms with Gasteiger partial charge in [-0.1, -0.05) is 15.9 Å². The van der Waals surface area contributed by atoms with Crippen LogP contribution in [0.3, 0.4) is 0 Å². The number of ether oxygens (including phenoxy) is 2. The summed E-state index contributed by atoms with van der Waals surface area (Å²) in [7, 11) is 3.06. The zero-order valence-electron chi connectivity index (χ0n) is 17.8. The predicted octanol–water partition coefficient (Wildman–Crippen LogP) is 5.15. The van der Waals surface area contributed by atoms with Gasteiger partial charge < -0.3 is 14.8 Å². The minimum Gasteiger partial charge on any atom is -0.497 e. The largest absolute Gasteiger partial charge is 0.497 e. The van der Waals surface area contributed by atoms with Crippen molar-refractivity contribution in [2.75, 3.05) is 24.9 Å². The summed E-state index contributed by atoms with van der Waals surface area (Å²) >= 11 is 4.87. The first-order chi connectivity index (χ1) is 15.4. The van der Waals surface area contributed by atoms with Crippen LogP contribution in [-0.2, 0) is 11.2 Å². The van der Waals surface area contributed by atoms with Gasteiger partial charge in [-0.2, -0.15) is 0 Å². The highest BCUT2D eigenvalue weighted by molar-refractivity contribution is 9.10. The van der Waals surface area contributed by atoms with E-state index < -0.39 is 0 Å². The van der Waals surface area contributed by atoms with Gasteiger partial charge in [0.25, 0.3) is 5.91 Å². The van der Waals surface area contributed by atoms with E-state index in [0.29, 0.717) is 28.6 Å². The van der Waals surface area contributed by atoms with E-state index in [9.17, 15) is 9.59 Å². The molecule has 1 atom stereocenters. The van der Waals surface area contributed by atoms with Gasteiger partial charge in [0.15, 0.2) is 5.13 Å². The van der Waals surface area contributed by atoms with Gasteiger partial charge in [0.05, 0.1) is 25.8 Å². The lowest BCUT2D eigenvalue weighted by molar-refractivity contribution is -0.117. The number of hydrogen-bond acceptors (Lipinski definition) is 6. The highest BCUT2D eigenvalue weighted by Gasteiger charge is 2.33. The van der Waals surface area contributed by atoms with Crippen LogP contribution in [0.1, 0.15) is 38.8 Å². The second-order valence-electron chi connectivity index (χ2n) is 7.43. The molecule has 2 aromatic carbocycles. The SMILES string of the molecule is COc1cc(OC)cc(C(=O)Nc2nc3c(s2)CCC3C(=O)Nc2ccc(Br)c(C)c2)c1. The molecule has 1 aromatic heterocycles. The molecule has 1 unspecified atom stereocenters. The van der Waals surface area contributed by atoms with Gasteiger partial charge in [0.2, 0.25) is 5.91 Å². The van der Waals surface area contributed by atoms with Crippen molar-refractivity contribution in [3.05, 3.63) is 62.6 Å². The lowest BCUT2D eigenvalue weighted by Crippen LogP contribution is -2.20. The number of hydrogen-bond donors (Lipinski definition) is 2. The maximum atomic E-state index is 12.9. The fourth-order valence-corrected chi connectivity index (χ4v) is 4.88. The summed E-state index contributed by atoms with van der Waals surface area (Å²) in [6.45, 7) is 1.97. The molecule has 1 aliphatic carbocycles. The van der Waals surface area contributed by atoms with Crippen LogP contribution in [0.15, 0.2) is 40.9 Å². The van der Waals surface area contributed by atoms with E-state index in [1.165, 1.54) is 25.6 Å². The Labute approximate surface area is 198 Å². The van der Waals surface area contributed by atoms with E-state index in [2.05, 4.69) is 31.5 Å². The van der Waals surface area contributed by atoms with Crippen molar-refractivity contribution in [3.8, 4) is 11.5 Å². The Bertz CT molecular complexity index is 1170. The molecule has 1 aliphatic rings. The molecule has 0 saturated carbocycles. The number of nitrogens with one attached hydrogen (secondary N) is 2. The minimum absolute atomic E-state index is 0.0915. The monoisotopic (exact) mass is 515 g/mol. The Morgan fingerprint density at radius 2 is 1.81 bits per heavy atom. The van der Waals surface area contributed by atoms with Crippen molar-refractivity contribution < 1.29 is 19.1 Å². The molecule has 0 spiro atoms. The normalized spacial score (nSPS) is 14.6. The third kappa shape index (κ3) is 4.63. The number of fused-ring (bicyclic) bond motifs is 1. The third-order valence-corrected chi connectivity index (χ3v) is 7.23. The van der Waals surface area contributed by atoms with Crippen LogP contribution in [-0.4, -0.2) is 31.0 Å². The molecular weight excluding hydrogens is 494 g/mol. The van der Waals surface area contributed by atoms with Crippen LogP contribution >= 0.6 is 27.3 Å². The second kappa shape index (κ2) is 9.30. The number of anilines is 2. The maximum absolute atomic E-state index is 12.9. The number of aryl methyl sites for hydroxylation is 2. The number of thiazole rings is 1. The Balaban J connectivity index is 1.48. The Hall–Kier alpha value is -2.91. The molecular formula is C23H22BrN3O4S. The first-order valence-corrected chi connectivity index (χ1v) is 11.6. The van der Waals surface area contributed by atoms with Crippen molar-refractivity contribution >= 4 is 49.9 Å². The van der Waals surface area contributed by atoms with Gasteiger partial charge in [0.1, 0.15) is 11.5 Å². The molecule has 0 aliphatic heterocycles. The molecule has 9 heteroatoms. The van der Waals surface area contributed by atoms with Gasteiger partial charge in [-0.05, 0) is 55.7 Å². The summed E-state index contributed by atoms with van der Waals surface area (Å²) in [5, 5.41) is 6.29. The van der Waals surface area contributed by atoms with Crippen molar-refractivity contribution in [2.24, 2.45) is 0 Å². The number of carbonyl (C=O) groups is 2. The zero-order valence-corrected chi connectivity index (χ0v) is 20.2. The van der Waals surface area contributed by atoms with Crippen molar-refractivity contribution in [3.63, 3.8) is 0 Å². The summed E-state index contributed by atoms with van der Waals surface area (Å²) in [4.78, 5) is 31.2. The molecule has 2 N–H and O–H groups in total. The van der Waals surface area contributed by atoms with Crippen LogP contribution in [0, 0.1) is 6.92 Å². The molecule has 0 radical (unpaired) electrons. The zero-order chi connectivity index (χ0) is 22.8. The number of methoxy groups -OCH3 is 2. The van der Waals surface area contributed by atoms with Crippen molar-refractivity contribution in [1.82, 2.24) is 4.98 Å².